The number of fused-ring (bicyclic) bond motifs is 1. The highest BCUT2D eigenvalue weighted by molar-refractivity contribution is 5.92. The van der Waals surface area contributed by atoms with Crippen LogP contribution < -0.4 is 15.4 Å². The van der Waals surface area contributed by atoms with Gasteiger partial charge in [0.25, 0.3) is 0 Å². The van der Waals surface area contributed by atoms with E-state index in [0.29, 0.717) is 5.69 Å². The molecule has 0 spiro atoms. The highest BCUT2D eigenvalue weighted by Gasteiger charge is 2.12. The molecule has 1 unspecified atom stereocenters. The lowest BCUT2D eigenvalue weighted by Crippen LogP contribution is -2.24. The minimum Gasteiger partial charge on any atom is -0.493 e. The predicted octanol–water partition coefficient (Wildman–Crippen LogP) is 3.47. The van der Waals surface area contributed by atoms with Gasteiger partial charge in [-0.3, -0.25) is 9.59 Å². The fraction of sp³-hybridized carbons (Fsp3) is 0.238. The molecule has 0 fully saturated rings. The number of ether oxygens (including phenoxy) is 1. The number of carbonyl (C=O) groups is 2. The summed E-state index contributed by atoms with van der Waals surface area (Å²) in [5, 5.41) is 5.68. The molecule has 0 bridgehead atoms. The second kappa shape index (κ2) is 7.87. The maximum atomic E-state index is 12.2. The van der Waals surface area contributed by atoms with E-state index in [1.54, 1.807) is 6.08 Å². The average Bonchev–Trinajstić information content (AvgIpc) is 3.07. The van der Waals surface area contributed by atoms with Crippen molar-refractivity contribution in [1.29, 1.82) is 0 Å². The van der Waals surface area contributed by atoms with Gasteiger partial charge in [-0.15, -0.1) is 0 Å². The zero-order chi connectivity index (χ0) is 18.5. The molecule has 26 heavy (non-hydrogen) atoms. The summed E-state index contributed by atoms with van der Waals surface area (Å²) in [6.07, 6.45) is 4.24. The van der Waals surface area contributed by atoms with Crippen LogP contribution in [-0.2, 0) is 16.0 Å². The standard InChI is InChI=1S/C21H22N2O3/c1-14(17-4-3-5-19(13-17)23-15(2)24)22-21(25)9-7-16-6-8-20-18(12-16)10-11-26-20/h3-9,12-14H,10-11H2,1-2H3,(H,22,25)(H,23,24)/b9-7+. The molecule has 0 saturated carbocycles. The lowest BCUT2D eigenvalue weighted by Gasteiger charge is -2.14. The largest absolute Gasteiger partial charge is 0.493 e. The van der Waals surface area contributed by atoms with Crippen molar-refractivity contribution < 1.29 is 14.3 Å². The Hall–Kier alpha value is -3.08. The van der Waals surface area contributed by atoms with E-state index in [1.165, 1.54) is 18.6 Å². The SMILES string of the molecule is CC(=O)Nc1cccc(C(C)NC(=O)/C=C/c2ccc3c(c2)CCO3)c1. The second-order valence-corrected chi connectivity index (χ2v) is 6.34. The summed E-state index contributed by atoms with van der Waals surface area (Å²) in [7, 11) is 0. The van der Waals surface area contributed by atoms with Crippen LogP contribution >= 0.6 is 0 Å². The van der Waals surface area contributed by atoms with Gasteiger partial charge >= 0.3 is 0 Å². The van der Waals surface area contributed by atoms with Crippen molar-refractivity contribution in [2.24, 2.45) is 0 Å². The molecule has 1 aliphatic heterocycles. The molecule has 3 rings (SSSR count). The molecule has 1 atom stereocenters. The molecule has 5 heteroatoms. The lowest BCUT2D eigenvalue weighted by molar-refractivity contribution is -0.117. The van der Waals surface area contributed by atoms with Gasteiger partial charge in [0.15, 0.2) is 0 Å². The Kier molecular flexibility index (Phi) is 5.37. The molecule has 5 nitrogen and oxygen atoms in total. The van der Waals surface area contributed by atoms with Crippen LogP contribution in [0, 0.1) is 0 Å². The van der Waals surface area contributed by atoms with Gasteiger partial charge in [-0.2, -0.15) is 0 Å². The number of benzene rings is 2. The topological polar surface area (TPSA) is 67.4 Å². The molecule has 1 aliphatic rings. The smallest absolute Gasteiger partial charge is 0.244 e. The normalized spacial score (nSPS) is 13.8. The quantitative estimate of drug-likeness (QED) is 0.812. The van der Waals surface area contributed by atoms with Gasteiger partial charge in [0, 0.05) is 25.1 Å². The molecule has 0 radical (unpaired) electrons. The van der Waals surface area contributed by atoms with E-state index < -0.39 is 0 Å². The number of nitrogens with one attached hydrogen (secondary N) is 2. The first-order valence-corrected chi connectivity index (χ1v) is 8.63. The van der Waals surface area contributed by atoms with Crippen LogP contribution in [0.25, 0.3) is 6.08 Å². The first-order chi connectivity index (χ1) is 12.5. The van der Waals surface area contributed by atoms with Crippen molar-refractivity contribution in [1.82, 2.24) is 5.32 Å². The monoisotopic (exact) mass is 350 g/mol. The maximum absolute atomic E-state index is 12.2. The first kappa shape index (κ1) is 17.7. The minimum absolute atomic E-state index is 0.124. The van der Waals surface area contributed by atoms with Gasteiger partial charge < -0.3 is 15.4 Å². The van der Waals surface area contributed by atoms with Gasteiger partial charge in [0.05, 0.1) is 12.6 Å². The molecular formula is C21H22N2O3. The van der Waals surface area contributed by atoms with Crippen LogP contribution in [0.15, 0.2) is 48.5 Å². The Morgan fingerprint density at radius 1 is 1.19 bits per heavy atom. The van der Waals surface area contributed by atoms with Gasteiger partial charge in [-0.25, -0.2) is 0 Å². The van der Waals surface area contributed by atoms with Gasteiger partial charge in [0.2, 0.25) is 11.8 Å². The third-order valence-corrected chi connectivity index (χ3v) is 4.21. The molecule has 2 aromatic carbocycles. The van der Waals surface area contributed by atoms with Gasteiger partial charge in [-0.1, -0.05) is 18.2 Å². The van der Waals surface area contributed by atoms with Crippen molar-refractivity contribution in [2.45, 2.75) is 26.3 Å². The van der Waals surface area contributed by atoms with E-state index in [4.69, 9.17) is 4.74 Å². The van der Waals surface area contributed by atoms with Crippen molar-refractivity contribution >= 4 is 23.6 Å². The summed E-state index contributed by atoms with van der Waals surface area (Å²) in [6.45, 7) is 4.09. The van der Waals surface area contributed by atoms with E-state index in [0.717, 1.165) is 29.9 Å². The summed E-state index contributed by atoms with van der Waals surface area (Å²) in [5.74, 6) is 0.639. The Bertz CT molecular complexity index is 858. The molecule has 2 N–H and O–H groups in total. The number of amides is 2. The average molecular weight is 350 g/mol. The third-order valence-electron chi connectivity index (χ3n) is 4.21. The number of hydrogen-bond acceptors (Lipinski definition) is 3. The van der Waals surface area contributed by atoms with Crippen LogP contribution in [0.1, 0.15) is 36.6 Å². The molecule has 0 aliphatic carbocycles. The lowest BCUT2D eigenvalue weighted by atomic mass is 10.1. The zero-order valence-corrected chi connectivity index (χ0v) is 14.9. The van der Waals surface area contributed by atoms with Crippen molar-refractivity contribution in [3.63, 3.8) is 0 Å². The second-order valence-electron chi connectivity index (χ2n) is 6.34. The molecule has 2 aromatic rings. The number of rotatable bonds is 5. The minimum atomic E-state index is -0.172. The summed E-state index contributed by atoms with van der Waals surface area (Å²) >= 11 is 0. The first-order valence-electron chi connectivity index (χ1n) is 8.63. The highest BCUT2D eigenvalue weighted by atomic mass is 16.5. The van der Waals surface area contributed by atoms with Crippen molar-refractivity contribution in [3.05, 3.63) is 65.2 Å². The molecule has 0 aromatic heterocycles. The molecule has 0 saturated heterocycles. The zero-order valence-electron chi connectivity index (χ0n) is 14.9. The van der Waals surface area contributed by atoms with Crippen LogP contribution in [0.3, 0.4) is 0 Å². The molecular weight excluding hydrogens is 328 g/mol. The van der Waals surface area contributed by atoms with Crippen LogP contribution in [-0.4, -0.2) is 18.4 Å². The summed E-state index contributed by atoms with van der Waals surface area (Å²) in [6, 6.07) is 13.2. The molecule has 2 amide bonds. The van der Waals surface area contributed by atoms with E-state index >= 15 is 0 Å². The molecule has 134 valence electrons. The van der Waals surface area contributed by atoms with E-state index in [-0.39, 0.29) is 17.9 Å². The van der Waals surface area contributed by atoms with Crippen LogP contribution in [0.4, 0.5) is 5.69 Å². The number of hydrogen-bond donors (Lipinski definition) is 2. The van der Waals surface area contributed by atoms with Crippen molar-refractivity contribution in [3.8, 4) is 5.75 Å². The van der Waals surface area contributed by atoms with E-state index in [2.05, 4.69) is 10.6 Å². The number of anilines is 1. The third kappa shape index (κ3) is 4.51. The fourth-order valence-electron chi connectivity index (χ4n) is 2.92. The Morgan fingerprint density at radius 2 is 2.04 bits per heavy atom. The number of carbonyl (C=O) groups excluding carboxylic acids is 2. The fourth-order valence-corrected chi connectivity index (χ4v) is 2.92. The highest BCUT2D eigenvalue weighted by Crippen LogP contribution is 2.26. The summed E-state index contributed by atoms with van der Waals surface area (Å²) in [4.78, 5) is 23.4. The Labute approximate surface area is 153 Å². The summed E-state index contributed by atoms with van der Waals surface area (Å²) < 4.78 is 5.48. The molecule has 1 heterocycles. The van der Waals surface area contributed by atoms with Crippen LogP contribution in [0.2, 0.25) is 0 Å². The van der Waals surface area contributed by atoms with Crippen molar-refractivity contribution in [2.75, 3.05) is 11.9 Å². The predicted molar refractivity (Wildman–Crippen MR) is 102 cm³/mol. The Balaban J connectivity index is 1.61. The van der Waals surface area contributed by atoms with Gasteiger partial charge in [0.1, 0.15) is 5.75 Å². The summed E-state index contributed by atoms with van der Waals surface area (Å²) in [5.41, 5.74) is 3.79. The van der Waals surface area contributed by atoms with Crippen LogP contribution in [0.5, 0.6) is 5.75 Å². The van der Waals surface area contributed by atoms with E-state index in [9.17, 15) is 9.59 Å². The van der Waals surface area contributed by atoms with E-state index in [1.807, 2.05) is 49.4 Å². The van der Waals surface area contributed by atoms with Gasteiger partial charge in [-0.05, 0) is 54.0 Å². The maximum Gasteiger partial charge on any atom is 0.244 e. The Morgan fingerprint density at radius 3 is 2.85 bits per heavy atom.